The molecule has 0 radical (unpaired) electrons. The van der Waals surface area contributed by atoms with Crippen molar-refractivity contribution in [2.75, 3.05) is 23.3 Å². The highest BCUT2D eigenvalue weighted by Gasteiger charge is 2.16. The number of H-pyrrole nitrogens is 1. The number of hydrogen-bond donors (Lipinski definition) is 2. The minimum atomic E-state index is -0.123. The Hall–Kier alpha value is -3.60. The molecule has 0 fully saturated rings. The van der Waals surface area contributed by atoms with E-state index in [1.54, 1.807) is 0 Å². The van der Waals surface area contributed by atoms with Gasteiger partial charge < -0.3 is 15.2 Å². The van der Waals surface area contributed by atoms with E-state index in [9.17, 15) is 4.79 Å². The predicted molar refractivity (Wildman–Crippen MR) is 124 cm³/mol. The Morgan fingerprint density at radius 3 is 2.40 bits per heavy atom. The Kier molecular flexibility index (Phi) is 5.53. The normalized spacial score (nSPS) is 10.9. The Labute approximate surface area is 176 Å². The lowest BCUT2D eigenvalue weighted by molar-refractivity contribution is 0.102. The van der Waals surface area contributed by atoms with Gasteiger partial charge in [0.2, 0.25) is 0 Å². The summed E-state index contributed by atoms with van der Waals surface area (Å²) in [6.45, 7) is 7.98. The number of hydrogen-bond acceptors (Lipinski definition) is 3. The second kappa shape index (κ2) is 8.41. The van der Waals surface area contributed by atoms with Crippen LogP contribution in [0.3, 0.4) is 0 Å². The molecular weight excluding hydrogens is 372 g/mol. The highest BCUT2D eigenvalue weighted by Crippen LogP contribution is 2.33. The molecule has 30 heavy (non-hydrogen) atoms. The van der Waals surface area contributed by atoms with E-state index in [0.29, 0.717) is 5.56 Å². The van der Waals surface area contributed by atoms with E-state index in [4.69, 9.17) is 4.98 Å². The van der Waals surface area contributed by atoms with Gasteiger partial charge >= 0.3 is 0 Å². The molecule has 5 heteroatoms. The molecular formula is C25H26N4O. The first-order valence-corrected chi connectivity index (χ1v) is 10.3. The summed E-state index contributed by atoms with van der Waals surface area (Å²) in [5.41, 5.74) is 6.40. The molecule has 2 N–H and O–H groups in total. The average Bonchev–Trinajstić information content (AvgIpc) is 3.18. The van der Waals surface area contributed by atoms with Gasteiger partial charge in [0.15, 0.2) is 0 Å². The fraction of sp³-hybridized carbons (Fsp3) is 0.200. The topological polar surface area (TPSA) is 61.0 Å². The van der Waals surface area contributed by atoms with E-state index in [0.717, 1.165) is 52.4 Å². The van der Waals surface area contributed by atoms with Crippen molar-refractivity contribution in [2.45, 2.75) is 20.8 Å². The smallest absolute Gasteiger partial charge is 0.255 e. The summed E-state index contributed by atoms with van der Waals surface area (Å²) in [5, 5.41) is 3.10. The summed E-state index contributed by atoms with van der Waals surface area (Å²) in [6.07, 6.45) is 0. The van der Waals surface area contributed by atoms with E-state index in [2.05, 4.69) is 54.2 Å². The van der Waals surface area contributed by atoms with E-state index in [1.807, 2.05) is 48.5 Å². The van der Waals surface area contributed by atoms with Crippen LogP contribution in [0.2, 0.25) is 0 Å². The van der Waals surface area contributed by atoms with Crippen LogP contribution < -0.4 is 10.2 Å². The molecule has 3 aromatic carbocycles. The van der Waals surface area contributed by atoms with Gasteiger partial charge in [-0.25, -0.2) is 4.98 Å². The molecule has 0 spiro atoms. The Morgan fingerprint density at radius 2 is 1.70 bits per heavy atom. The van der Waals surface area contributed by atoms with Crippen molar-refractivity contribution in [3.8, 4) is 11.4 Å². The van der Waals surface area contributed by atoms with Crippen molar-refractivity contribution >= 4 is 28.3 Å². The number of carbonyl (C=O) groups is 1. The molecule has 0 saturated carbocycles. The maximum Gasteiger partial charge on any atom is 0.255 e. The number of aryl methyl sites for hydroxylation is 1. The number of fused-ring (bicyclic) bond motifs is 1. The van der Waals surface area contributed by atoms with Crippen molar-refractivity contribution in [1.29, 1.82) is 0 Å². The van der Waals surface area contributed by atoms with E-state index in [-0.39, 0.29) is 5.91 Å². The van der Waals surface area contributed by atoms with Gasteiger partial charge in [0.25, 0.3) is 5.91 Å². The van der Waals surface area contributed by atoms with Crippen molar-refractivity contribution in [3.05, 3.63) is 77.9 Å². The first-order valence-electron chi connectivity index (χ1n) is 10.3. The first kappa shape index (κ1) is 19.7. The largest absolute Gasteiger partial charge is 0.370 e. The van der Waals surface area contributed by atoms with Crippen molar-refractivity contribution < 1.29 is 4.79 Å². The van der Waals surface area contributed by atoms with Crippen LogP contribution in [0.15, 0.2) is 66.7 Å². The van der Waals surface area contributed by atoms with Gasteiger partial charge in [0.1, 0.15) is 5.82 Å². The predicted octanol–water partition coefficient (Wildman–Crippen LogP) is 5.64. The maximum atomic E-state index is 12.8. The van der Waals surface area contributed by atoms with Crippen molar-refractivity contribution in [2.24, 2.45) is 0 Å². The van der Waals surface area contributed by atoms with Crippen LogP contribution in [0.1, 0.15) is 29.8 Å². The van der Waals surface area contributed by atoms with Gasteiger partial charge in [-0.15, -0.1) is 0 Å². The fourth-order valence-corrected chi connectivity index (χ4v) is 3.72. The molecule has 0 aliphatic heterocycles. The number of aromatic amines is 1. The minimum absolute atomic E-state index is 0.123. The van der Waals surface area contributed by atoms with Crippen molar-refractivity contribution in [3.63, 3.8) is 0 Å². The highest BCUT2D eigenvalue weighted by molar-refractivity contribution is 6.07. The zero-order valence-corrected chi connectivity index (χ0v) is 17.6. The lowest BCUT2D eigenvalue weighted by Crippen LogP contribution is -2.24. The van der Waals surface area contributed by atoms with Gasteiger partial charge in [-0.3, -0.25) is 4.79 Å². The van der Waals surface area contributed by atoms with Gasteiger partial charge in [-0.05, 0) is 50.6 Å². The molecule has 0 unspecified atom stereocenters. The third-order valence-corrected chi connectivity index (χ3v) is 5.39. The molecule has 0 saturated heterocycles. The highest BCUT2D eigenvalue weighted by atomic mass is 16.1. The van der Waals surface area contributed by atoms with E-state index in [1.165, 1.54) is 0 Å². The Balaban J connectivity index is 1.80. The molecule has 0 atom stereocenters. The monoisotopic (exact) mass is 398 g/mol. The summed E-state index contributed by atoms with van der Waals surface area (Å²) in [4.78, 5) is 23.3. The van der Waals surface area contributed by atoms with Crippen LogP contribution in [0, 0.1) is 6.92 Å². The molecule has 1 amide bonds. The second-order valence-electron chi connectivity index (χ2n) is 7.28. The number of benzene rings is 3. The molecule has 4 aromatic rings. The van der Waals surface area contributed by atoms with E-state index < -0.39 is 0 Å². The number of nitrogens with zero attached hydrogens (tertiary/aromatic N) is 2. The van der Waals surface area contributed by atoms with Crippen LogP contribution in [-0.4, -0.2) is 29.0 Å². The lowest BCUT2D eigenvalue weighted by atomic mass is 10.1. The summed E-state index contributed by atoms with van der Waals surface area (Å²) in [5.74, 6) is 0.710. The summed E-state index contributed by atoms with van der Waals surface area (Å²) < 4.78 is 0. The number of imidazole rings is 1. The van der Waals surface area contributed by atoms with E-state index >= 15 is 0 Å². The molecule has 1 aromatic heterocycles. The van der Waals surface area contributed by atoms with Gasteiger partial charge in [0, 0.05) is 24.2 Å². The molecule has 5 nitrogen and oxygen atoms in total. The number of aromatic nitrogens is 2. The Bertz CT molecular complexity index is 1180. The summed E-state index contributed by atoms with van der Waals surface area (Å²) in [6, 6.07) is 21.5. The molecule has 0 aliphatic carbocycles. The molecule has 1 heterocycles. The zero-order valence-electron chi connectivity index (χ0n) is 17.6. The number of nitrogens with one attached hydrogen (secondary N) is 2. The maximum absolute atomic E-state index is 12.8. The zero-order chi connectivity index (χ0) is 21.1. The minimum Gasteiger partial charge on any atom is -0.370 e. The first-order chi connectivity index (χ1) is 14.6. The lowest BCUT2D eigenvalue weighted by Gasteiger charge is -2.24. The Morgan fingerprint density at radius 1 is 1.00 bits per heavy atom. The molecule has 4 rings (SSSR count). The van der Waals surface area contributed by atoms with Crippen LogP contribution in [0.25, 0.3) is 22.4 Å². The molecule has 0 bridgehead atoms. The number of amides is 1. The van der Waals surface area contributed by atoms with Crippen LogP contribution in [-0.2, 0) is 0 Å². The third kappa shape index (κ3) is 3.79. The number of rotatable bonds is 6. The number of carbonyl (C=O) groups excluding carboxylic acids is 1. The molecule has 0 aliphatic rings. The quantitative estimate of drug-likeness (QED) is 0.442. The third-order valence-electron chi connectivity index (χ3n) is 5.39. The number of anilines is 2. The average molecular weight is 399 g/mol. The van der Waals surface area contributed by atoms with Crippen LogP contribution >= 0.6 is 0 Å². The summed E-state index contributed by atoms with van der Waals surface area (Å²) >= 11 is 0. The second-order valence-corrected chi connectivity index (χ2v) is 7.28. The van der Waals surface area contributed by atoms with Crippen LogP contribution in [0.4, 0.5) is 11.4 Å². The van der Waals surface area contributed by atoms with Crippen LogP contribution in [0.5, 0.6) is 0 Å². The summed E-state index contributed by atoms with van der Waals surface area (Å²) in [7, 11) is 0. The van der Waals surface area contributed by atoms with Gasteiger partial charge in [0.05, 0.1) is 22.4 Å². The van der Waals surface area contributed by atoms with Gasteiger partial charge in [-0.2, -0.15) is 0 Å². The standard InChI is InChI=1S/C25H26N4O/c1-4-29(5-2)23-16-21-20(26-24(27-21)19-14-10-9-11-17(19)3)15-22(23)28-25(30)18-12-7-6-8-13-18/h6-16H,4-5H2,1-3H3,(H,26,27)(H,28,30). The van der Waals surface area contributed by atoms with Gasteiger partial charge in [-0.1, -0.05) is 42.5 Å². The van der Waals surface area contributed by atoms with Crippen molar-refractivity contribution in [1.82, 2.24) is 9.97 Å². The fourth-order valence-electron chi connectivity index (χ4n) is 3.72. The molecule has 152 valence electrons. The SMILES string of the molecule is CCN(CC)c1cc2nc(-c3ccccc3C)[nH]c2cc1NC(=O)c1ccccc1.